The van der Waals surface area contributed by atoms with Crippen molar-refractivity contribution >= 4 is 67.2 Å². The van der Waals surface area contributed by atoms with Gasteiger partial charge >= 0.3 is 4.38 Å². The Bertz CT molecular complexity index is 1960. The van der Waals surface area contributed by atoms with Crippen LogP contribution in [0.2, 0.25) is 0 Å². The molecule has 2 aromatic heterocycles. The van der Waals surface area contributed by atoms with Crippen molar-refractivity contribution in [2.45, 2.75) is 9.79 Å². The maximum Gasteiger partial charge on any atom is 0.504 e. The molecule has 0 spiro atoms. The van der Waals surface area contributed by atoms with Gasteiger partial charge in [0.1, 0.15) is 10.0 Å². The van der Waals surface area contributed by atoms with E-state index < -0.39 is 24.1 Å². The molecule has 0 radical (unpaired) electrons. The predicted molar refractivity (Wildman–Crippen MR) is 153 cm³/mol. The SMILES string of the molecule is [N-]=[N+]=C(S(=O)(=O)c1ccccc1-c1nc2ccccc2s1)S(=O)(=O)c1ccccc1-c1nc2ccccc2s1. The van der Waals surface area contributed by atoms with Crippen LogP contribution < -0.4 is 0 Å². The predicted octanol–water partition coefficient (Wildman–Crippen LogP) is 6.07. The molecule has 192 valence electrons. The van der Waals surface area contributed by atoms with Crippen LogP contribution in [0.25, 0.3) is 47.1 Å². The molecule has 0 unspecified atom stereocenters. The van der Waals surface area contributed by atoms with Crippen molar-refractivity contribution in [1.82, 2.24) is 9.97 Å². The minimum absolute atomic E-state index is 0.203. The molecule has 0 N–H and O–H groups in total. The smallest absolute Gasteiger partial charge is 0.359 e. The number of nitrogens with zero attached hydrogens (tertiary/aromatic N) is 4. The summed E-state index contributed by atoms with van der Waals surface area (Å²) >= 11 is 2.54. The summed E-state index contributed by atoms with van der Waals surface area (Å²) in [5, 5.41) is 0.778. The van der Waals surface area contributed by atoms with Crippen LogP contribution in [0.3, 0.4) is 0 Å². The number of thiazole rings is 2. The maximum absolute atomic E-state index is 13.9. The largest absolute Gasteiger partial charge is 0.504 e. The van der Waals surface area contributed by atoms with Crippen LogP contribution in [0.1, 0.15) is 0 Å². The van der Waals surface area contributed by atoms with Gasteiger partial charge in [-0.1, -0.05) is 60.7 Å². The molecule has 0 aliphatic carbocycles. The third-order valence-electron chi connectivity index (χ3n) is 5.94. The second-order valence-corrected chi connectivity index (χ2v) is 14.3. The molecule has 4 aromatic carbocycles. The van der Waals surface area contributed by atoms with Crippen molar-refractivity contribution in [3.63, 3.8) is 0 Å². The third kappa shape index (κ3) is 4.28. The minimum Gasteiger partial charge on any atom is -0.359 e. The number of para-hydroxylation sites is 2. The van der Waals surface area contributed by atoms with Gasteiger partial charge < -0.3 is 5.53 Å². The van der Waals surface area contributed by atoms with Crippen molar-refractivity contribution in [2.75, 3.05) is 0 Å². The fraction of sp³-hybridized carbons (Fsp3) is 0. The minimum atomic E-state index is -4.84. The standard InChI is InChI=1S/C27H16N4O4S4/c28-31-27(38(32,33)23-15-7-1-9-17(23)25-29-19-11-3-5-13-21(19)36-25)39(34,35)24-16-8-2-10-18(24)26-30-20-12-4-6-14-22(20)37-26/h1-16H. The molecule has 0 aliphatic heterocycles. The Balaban J connectivity index is 1.50. The average Bonchev–Trinajstić information content (AvgIpc) is 3.58. The van der Waals surface area contributed by atoms with E-state index in [-0.39, 0.29) is 20.9 Å². The maximum atomic E-state index is 13.9. The van der Waals surface area contributed by atoms with Gasteiger partial charge in [-0.3, -0.25) is 0 Å². The Morgan fingerprint density at radius 1 is 0.590 bits per heavy atom. The highest BCUT2D eigenvalue weighted by Crippen LogP contribution is 2.38. The van der Waals surface area contributed by atoms with Crippen molar-refractivity contribution in [2.24, 2.45) is 0 Å². The molecule has 0 amide bonds. The first-order chi connectivity index (χ1) is 18.8. The summed E-state index contributed by atoms with van der Waals surface area (Å²) in [7, 11) is -9.67. The molecule has 0 atom stereocenters. The lowest BCUT2D eigenvalue weighted by atomic mass is 10.2. The first-order valence-electron chi connectivity index (χ1n) is 11.4. The zero-order valence-corrected chi connectivity index (χ0v) is 23.1. The van der Waals surface area contributed by atoms with E-state index in [2.05, 4.69) is 14.8 Å². The Kier molecular flexibility index (Phi) is 6.21. The van der Waals surface area contributed by atoms with Crippen molar-refractivity contribution in [3.05, 3.63) is 103 Å². The number of sulfone groups is 2. The number of rotatable bonds is 4. The normalized spacial score (nSPS) is 12.0. The van der Waals surface area contributed by atoms with Gasteiger partial charge in [-0.15, -0.1) is 27.5 Å². The van der Waals surface area contributed by atoms with Crippen molar-refractivity contribution in [1.29, 1.82) is 0 Å². The van der Waals surface area contributed by atoms with Crippen LogP contribution in [-0.4, -0.2) is 36.0 Å². The van der Waals surface area contributed by atoms with E-state index in [1.54, 1.807) is 36.4 Å². The molecule has 12 heteroatoms. The highest BCUT2D eigenvalue weighted by atomic mass is 32.3. The van der Waals surface area contributed by atoms with Gasteiger partial charge in [0.2, 0.25) is 0 Å². The van der Waals surface area contributed by atoms with E-state index in [1.165, 1.54) is 46.9 Å². The van der Waals surface area contributed by atoms with Crippen molar-refractivity contribution in [3.8, 4) is 21.1 Å². The molecular weight excluding hydrogens is 573 g/mol. The summed E-state index contributed by atoms with van der Waals surface area (Å²) in [4.78, 5) is 11.2. The van der Waals surface area contributed by atoms with Gasteiger partial charge in [0.05, 0.1) is 30.2 Å². The number of benzene rings is 4. The van der Waals surface area contributed by atoms with Crippen LogP contribution in [0.4, 0.5) is 0 Å². The second-order valence-electron chi connectivity index (χ2n) is 8.34. The van der Waals surface area contributed by atoms with Crippen LogP contribution >= 0.6 is 22.7 Å². The molecular formula is C27H16N4O4S4. The Morgan fingerprint density at radius 2 is 0.974 bits per heavy atom. The lowest BCUT2D eigenvalue weighted by Crippen LogP contribution is -2.27. The fourth-order valence-corrected chi connectivity index (χ4v) is 10.0. The average molecular weight is 589 g/mol. The van der Waals surface area contributed by atoms with Gasteiger partial charge in [0, 0.05) is 11.1 Å². The summed E-state index contributed by atoms with van der Waals surface area (Å²) < 4.78 is 55.8. The molecule has 2 heterocycles. The first kappa shape index (κ1) is 25.2. The molecule has 0 saturated heterocycles. The van der Waals surface area contributed by atoms with Crippen molar-refractivity contribution < 1.29 is 21.6 Å². The summed E-state index contributed by atoms with van der Waals surface area (Å²) in [5.41, 5.74) is 11.6. The summed E-state index contributed by atoms with van der Waals surface area (Å²) in [6.45, 7) is 0. The number of hydrogen-bond acceptors (Lipinski definition) is 8. The van der Waals surface area contributed by atoms with Crippen LogP contribution in [0.15, 0.2) is 107 Å². The zero-order valence-electron chi connectivity index (χ0n) is 19.8. The summed E-state index contributed by atoms with van der Waals surface area (Å²) in [6.07, 6.45) is 0. The second kappa shape index (κ2) is 9.60. The number of hydrogen-bond donors (Lipinski definition) is 0. The van der Waals surface area contributed by atoms with Crippen LogP contribution in [-0.2, 0) is 19.7 Å². The van der Waals surface area contributed by atoms with Gasteiger partial charge in [-0.2, -0.15) is 0 Å². The molecule has 39 heavy (non-hydrogen) atoms. The lowest BCUT2D eigenvalue weighted by Gasteiger charge is -2.08. The monoisotopic (exact) mass is 588 g/mol. The Labute approximate surface area is 231 Å². The number of aromatic nitrogens is 2. The third-order valence-corrected chi connectivity index (χ3v) is 12.4. The zero-order chi connectivity index (χ0) is 27.2. The molecule has 6 rings (SSSR count). The van der Waals surface area contributed by atoms with E-state index >= 15 is 0 Å². The van der Waals surface area contributed by atoms with E-state index in [9.17, 15) is 22.4 Å². The molecule has 0 aliphatic rings. The fourth-order valence-electron chi connectivity index (χ4n) is 4.17. The quantitative estimate of drug-likeness (QED) is 0.106. The molecule has 0 bridgehead atoms. The molecule has 0 saturated carbocycles. The summed E-state index contributed by atoms with van der Waals surface area (Å²) in [5.74, 6) is 0. The van der Waals surface area contributed by atoms with E-state index in [0.717, 1.165) is 9.40 Å². The van der Waals surface area contributed by atoms with Gasteiger partial charge in [-0.25, -0.2) is 26.8 Å². The van der Waals surface area contributed by atoms with Gasteiger partial charge in [-0.05, 0) is 36.4 Å². The van der Waals surface area contributed by atoms with Gasteiger partial charge in [0.25, 0.3) is 19.7 Å². The van der Waals surface area contributed by atoms with E-state index in [4.69, 9.17) is 0 Å². The Morgan fingerprint density at radius 3 is 1.38 bits per heavy atom. The lowest BCUT2D eigenvalue weighted by molar-refractivity contribution is 0.00380. The first-order valence-corrected chi connectivity index (χ1v) is 16.0. The highest BCUT2D eigenvalue weighted by molar-refractivity contribution is 8.31. The van der Waals surface area contributed by atoms with Crippen LogP contribution in [0.5, 0.6) is 0 Å². The van der Waals surface area contributed by atoms with Gasteiger partial charge in [0.15, 0.2) is 0 Å². The van der Waals surface area contributed by atoms with E-state index in [0.29, 0.717) is 21.0 Å². The van der Waals surface area contributed by atoms with Crippen LogP contribution in [0, 0.1) is 0 Å². The topological polar surface area (TPSA) is 130 Å². The molecule has 6 aromatic rings. The number of fused-ring (bicyclic) bond motifs is 2. The molecule has 8 nitrogen and oxygen atoms in total. The van der Waals surface area contributed by atoms with E-state index in [1.807, 2.05) is 36.4 Å². The summed E-state index contributed by atoms with van der Waals surface area (Å²) in [6, 6.07) is 26.5. The molecule has 0 fully saturated rings. The highest BCUT2D eigenvalue weighted by Gasteiger charge is 2.46. The Hall–Kier alpha value is -4.06.